The molecule has 0 spiro atoms. The number of anilines is 2. The number of nitrogen functional groups attached to an aromatic ring is 1. The highest BCUT2D eigenvalue weighted by atomic mass is 16.3. The van der Waals surface area contributed by atoms with Crippen molar-refractivity contribution in [1.29, 1.82) is 0 Å². The number of nitrogens with two attached hydrogens (primary N) is 1. The van der Waals surface area contributed by atoms with E-state index < -0.39 is 12.2 Å². The van der Waals surface area contributed by atoms with Gasteiger partial charge < -0.3 is 26.6 Å². The molecule has 19 heavy (non-hydrogen) atoms. The summed E-state index contributed by atoms with van der Waals surface area (Å²) >= 11 is 0. The molecule has 1 aliphatic carbocycles. The first-order valence-electron chi connectivity index (χ1n) is 6.15. The Labute approximate surface area is 112 Å². The molecule has 0 fully saturated rings. The molecule has 6 N–H and O–H groups in total. The van der Waals surface area contributed by atoms with Gasteiger partial charge in [-0.25, -0.2) is 4.98 Å². The Balaban J connectivity index is 2.21. The van der Waals surface area contributed by atoms with Gasteiger partial charge in [0.05, 0.1) is 11.4 Å². The van der Waals surface area contributed by atoms with E-state index in [1.165, 1.54) is 0 Å². The molecular formula is C13H20N4O2. The van der Waals surface area contributed by atoms with E-state index in [4.69, 9.17) is 5.73 Å². The lowest BCUT2D eigenvalue weighted by Gasteiger charge is -2.39. The number of aromatic nitrogens is 1. The third-order valence-electron chi connectivity index (χ3n) is 2.75. The van der Waals surface area contributed by atoms with Gasteiger partial charge in [0.1, 0.15) is 18.0 Å². The lowest BCUT2D eigenvalue weighted by molar-refractivity contribution is 0.0291. The van der Waals surface area contributed by atoms with E-state index in [9.17, 15) is 10.2 Å². The monoisotopic (exact) mass is 264 g/mol. The first-order valence-corrected chi connectivity index (χ1v) is 6.15. The maximum absolute atomic E-state index is 9.82. The number of nitrogens with zero attached hydrogens (tertiary/aromatic N) is 1. The highest BCUT2D eigenvalue weighted by Gasteiger charge is 2.39. The number of pyridine rings is 1. The van der Waals surface area contributed by atoms with Crippen molar-refractivity contribution in [3.8, 4) is 0 Å². The van der Waals surface area contributed by atoms with Crippen molar-refractivity contribution in [3.63, 3.8) is 0 Å². The summed E-state index contributed by atoms with van der Waals surface area (Å²) < 4.78 is 0. The zero-order valence-electron chi connectivity index (χ0n) is 11.3. The summed E-state index contributed by atoms with van der Waals surface area (Å²) in [5.74, 6) is 0.394. The summed E-state index contributed by atoms with van der Waals surface area (Å²) in [6.45, 7) is 5.96. The van der Waals surface area contributed by atoms with Gasteiger partial charge in [-0.15, -0.1) is 0 Å². The van der Waals surface area contributed by atoms with Crippen LogP contribution >= 0.6 is 0 Å². The minimum atomic E-state index is -0.917. The highest BCUT2D eigenvalue weighted by Crippen LogP contribution is 2.30. The molecule has 6 heteroatoms. The Morgan fingerprint density at radius 1 is 1.21 bits per heavy atom. The van der Waals surface area contributed by atoms with Crippen LogP contribution in [0.25, 0.3) is 0 Å². The van der Waals surface area contributed by atoms with Gasteiger partial charge in [-0.2, -0.15) is 0 Å². The largest absolute Gasteiger partial charge is 0.384 e. The van der Waals surface area contributed by atoms with Crippen molar-refractivity contribution in [3.05, 3.63) is 29.7 Å². The second kappa shape index (κ2) is 4.71. The molecule has 0 saturated heterocycles. The summed E-state index contributed by atoms with van der Waals surface area (Å²) in [5.41, 5.74) is 7.30. The molecule has 0 aliphatic heterocycles. The number of rotatable bonds is 3. The molecule has 2 rings (SSSR count). The van der Waals surface area contributed by atoms with E-state index in [2.05, 4.69) is 15.6 Å². The molecule has 0 aromatic carbocycles. The third kappa shape index (κ3) is 2.97. The quantitative estimate of drug-likeness (QED) is 0.542. The summed E-state index contributed by atoms with van der Waals surface area (Å²) in [6.07, 6.45) is -0.225. The zero-order valence-corrected chi connectivity index (χ0v) is 11.3. The van der Waals surface area contributed by atoms with Gasteiger partial charge in [-0.1, -0.05) is 0 Å². The zero-order chi connectivity index (χ0) is 14.2. The van der Waals surface area contributed by atoms with Crippen LogP contribution in [0.3, 0.4) is 0 Å². The summed E-state index contributed by atoms with van der Waals surface area (Å²) in [6, 6.07) is 3.41. The number of aliphatic hydroxyl groups is 2. The molecule has 104 valence electrons. The molecule has 0 bridgehead atoms. The molecule has 0 saturated carbocycles. The van der Waals surface area contributed by atoms with Crippen molar-refractivity contribution in [2.45, 2.75) is 38.5 Å². The molecule has 1 aliphatic rings. The van der Waals surface area contributed by atoms with Crippen molar-refractivity contribution >= 4 is 11.5 Å². The van der Waals surface area contributed by atoms with Crippen molar-refractivity contribution in [1.82, 2.24) is 10.3 Å². The topological polar surface area (TPSA) is 103 Å². The summed E-state index contributed by atoms with van der Waals surface area (Å²) in [5, 5.41) is 25.9. The maximum atomic E-state index is 9.82. The molecule has 1 aromatic rings. The Hall–Kier alpha value is -1.79. The molecule has 2 atom stereocenters. The standard InChI is InChI=1S/C13H20N4O2/c1-13(2,3)17-10-9(11(18)12(10)19)16-7-4-5-15-8(14)6-7/h4-6,11-12,17-19H,1-3H3,(H3,14,15,16). The fraction of sp³-hybridized carbons (Fsp3) is 0.462. The van der Waals surface area contributed by atoms with Crippen LogP contribution in [0.4, 0.5) is 11.5 Å². The second-order valence-electron chi connectivity index (χ2n) is 5.69. The smallest absolute Gasteiger partial charge is 0.127 e. The van der Waals surface area contributed by atoms with Gasteiger partial charge >= 0.3 is 0 Å². The number of aliphatic hydroxyl groups excluding tert-OH is 2. The van der Waals surface area contributed by atoms with Crippen molar-refractivity contribution < 1.29 is 10.2 Å². The van der Waals surface area contributed by atoms with Crippen LogP contribution < -0.4 is 16.4 Å². The van der Waals surface area contributed by atoms with E-state index >= 15 is 0 Å². The van der Waals surface area contributed by atoms with Crippen molar-refractivity contribution in [2.24, 2.45) is 0 Å². The van der Waals surface area contributed by atoms with Crippen LogP contribution in [-0.2, 0) is 0 Å². The molecule has 1 heterocycles. The average molecular weight is 264 g/mol. The molecular weight excluding hydrogens is 244 g/mol. The van der Waals surface area contributed by atoms with Crippen LogP contribution in [0.5, 0.6) is 0 Å². The van der Waals surface area contributed by atoms with Gasteiger partial charge in [-0.05, 0) is 26.8 Å². The number of hydrogen-bond acceptors (Lipinski definition) is 6. The van der Waals surface area contributed by atoms with E-state index in [-0.39, 0.29) is 5.54 Å². The van der Waals surface area contributed by atoms with Crippen molar-refractivity contribution in [2.75, 3.05) is 11.1 Å². The Morgan fingerprint density at radius 3 is 2.42 bits per heavy atom. The van der Waals surface area contributed by atoms with Gasteiger partial charge in [0.25, 0.3) is 0 Å². The Kier molecular flexibility index (Phi) is 3.38. The molecule has 0 radical (unpaired) electrons. The van der Waals surface area contributed by atoms with Crippen LogP contribution in [-0.4, -0.2) is 32.9 Å². The van der Waals surface area contributed by atoms with E-state index in [0.29, 0.717) is 17.2 Å². The summed E-state index contributed by atoms with van der Waals surface area (Å²) in [7, 11) is 0. The first kappa shape index (κ1) is 13.6. The fourth-order valence-corrected chi connectivity index (χ4v) is 1.91. The van der Waals surface area contributed by atoms with Crippen LogP contribution in [0, 0.1) is 0 Å². The normalized spacial score (nSPS) is 23.0. The second-order valence-corrected chi connectivity index (χ2v) is 5.69. The fourth-order valence-electron chi connectivity index (χ4n) is 1.91. The van der Waals surface area contributed by atoms with Crippen LogP contribution in [0.15, 0.2) is 29.7 Å². The van der Waals surface area contributed by atoms with Crippen LogP contribution in [0.2, 0.25) is 0 Å². The minimum absolute atomic E-state index is 0.194. The van der Waals surface area contributed by atoms with E-state index in [0.717, 1.165) is 5.69 Å². The predicted octanol–water partition coefficient (Wildman–Crippen LogP) is 0.411. The summed E-state index contributed by atoms with van der Waals surface area (Å²) in [4.78, 5) is 3.90. The van der Waals surface area contributed by atoms with Crippen LogP contribution in [0.1, 0.15) is 20.8 Å². The first-order chi connectivity index (χ1) is 8.78. The SMILES string of the molecule is CC(C)(C)NC1=C(Nc2ccnc(N)c2)C(O)C1O. The van der Waals surface area contributed by atoms with Gasteiger partial charge in [0.15, 0.2) is 0 Å². The Morgan fingerprint density at radius 2 is 1.84 bits per heavy atom. The van der Waals surface area contributed by atoms with Gasteiger partial charge in [0.2, 0.25) is 0 Å². The lowest BCUT2D eigenvalue weighted by Crippen LogP contribution is -2.53. The Bertz CT molecular complexity index is 508. The molecule has 2 unspecified atom stereocenters. The molecule has 1 aromatic heterocycles. The number of hydrogen-bond donors (Lipinski definition) is 5. The third-order valence-corrected chi connectivity index (χ3v) is 2.75. The van der Waals surface area contributed by atoms with Gasteiger partial charge in [-0.3, -0.25) is 0 Å². The van der Waals surface area contributed by atoms with Gasteiger partial charge in [0, 0.05) is 23.5 Å². The molecule has 0 amide bonds. The van der Waals surface area contributed by atoms with E-state index in [1.54, 1.807) is 18.3 Å². The van der Waals surface area contributed by atoms with E-state index in [1.807, 2.05) is 20.8 Å². The maximum Gasteiger partial charge on any atom is 0.127 e. The highest BCUT2D eigenvalue weighted by molar-refractivity contribution is 5.57. The minimum Gasteiger partial charge on any atom is -0.384 e. The number of nitrogens with one attached hydrogen (secondary N) is 2. The lowest BCUT2D eigenvalue weighted by atomic mass is 9.91. The average Bonchev–Trinajstić information content (AvgIpc) is 2.32. The predicted molar refractivity (Wildman–Crippen MR) is 74.2 cm³/mol. The molecule has 6 nitrogen and oxygen atoms in total.